The van der Waals surface area contributed by atoms with Crippen LogP contribution in [-0.2, 0) is 26.1 Å². The SMILES string of the molecule is CCc1cc(C)cc(CN2CCNCCN(Cc3cc(C)cc(CNC(CC)CC)c3C)CC2)c1. The first kappa shape index (κ1) is 27.9. The third kappa shape index (κ3) is 8.71. The normalized spacial score (nSPS) is 16.3. The minimum Gasteiger partial charge on any atom is -0.314 e. The Morgan fingerprint density at radius 3 is 2.00 bits per heavy atom. The second-order valence-electron chi connectivity index (χ2n) is 10.6. The standard InChI is InChI=1S/C31H50N4/c1-7-27-16-24(4)17-28(20-27)22-34-12-10-32-11-13-35(15-14-34)23-30-19-25(5)18-29(26(30)6)21-33-31(8-2)9-3/h16-20,31-33H,7-15,21-23H2,1-6H3. The van der Waals surface area contributed by atoms with E-state index in [4.69, 9.17) is 0 Å². The summed E-state index contributed by atoms with van der Waals surface area (Å²) in [5, 5.41) is 7.45. The maximum absolute atomic E-state index is 3.77. The molecule has 1 aliphatic heterocycles. The van der Waals surface area contributed by atoms with Crippen LogP contribution >= 0.6 is 0 Å². The molecule has 0 atom stereocenters. The Balaban J connectivity index is 1.67. The van der Waals surface area contributed by atoms with E-state index in [0.29, 0.717) is 6.04 Å². The lowest BCUT2D eigenvalue weighted by Gasteiger charge is -2.27. The van der Waals surface area contributed by atoms with Crippen LogP contribution in [0.4, 0.5) is 0 Å². The molecule has 1 heterocycles. The lowest BCUT2D eigenvalue weighted by Crippen LogP contribution is -2.35. The fourth-order valence-corrected chi connectivity index (χ4v) is 5.36. The topological polar surface area (TPSA) is 30.5 Å². The zero-order valence-electron chi connectivity index (χ0n) is 23.3. The van der Waals surface area contributed by atoms with Crippen molar-refractivity contribution < 1.29 is 0 Å². The quantitative estimate of drug-likeness (QED) is 0.481. The van der Waals surface area contributed by atoms with E-state index in [-0.39, 0.29) is 0 Å². The second kappa shape index (κ2) is 14.1. The van der Waals surface area contributed by atoms with E-state index >= 15 is 0 Å². The molecule has 3 rings (SSSR count). The number of nitrogens with zero attached hydrogens (tertiary/aromatic N) is 2. The van der Waals surface area contributed by atoms with E-state index in [2.05, 4.69) is 92.3 Å². The molecule has 0 aliphatic carbocycles. The van der Waals surface area contributed by atoms with Gasteiger partial charge in [0.25, 0.3) is 0 Å². The Labute approximate surface area is 215 Å². The van der Waals surface area contributed by atoms with Crippen LogP contribution in [0.1, 0.15) is 72.6 Å². The highest BCUT2D eigenvalue weighted by molar-refractivity contribution is 5.38. The van der Waals surface area contributed by atoms with Gasteiger partial charge in [0, 0.05) is 64.9 Å². The highest BCUT2D eigenvalue weighted by Crippen LogP contribution is 2.20. The maximum atomic E-state index is 3.77. The molecule has 2 N–H and O–H groups in total. The number of benzene rings is 2. The van der Waals surface area contributed by atoms with Gasteiger partial charge in [-0.25, -0.2) is 0 Å². The van der Waals surface area contributed by atoms with Crippen molar-refractivity contribution in [2.75, 3.05) is 39.3 Å². The number of aryl methyl sites for hydroxylation is 3. The van der Waals surface area contributed by atoms with Gasteiger partial charge in [-0.1, -0.05) is 62.2 Å². The lowest BCUT2D eigenvalue weighted by atomic mass is 9.98. The van der Waals surface area contributed by atoms with E-state index in [9.17, 15) is 0 Å². The number of hydrogen-bond acceptors (Lipinski definition) is 4. The Morgan fingerprint density at radius 2 is 1.34 bits per heavy atom. The van der Waals surface area contributed by atoms with Gasteiger partial charge in [-0.3, -0.25) is 9.80 Å². The first-order valence-electron chi connectivity index (χ1n) is 14.0. The average Bonchev–Trinajstić information content (AvgIpc) is 2.94. The summed E-state index contributed by atoms with van der Waals surface area (Å²) in [5.41, 5.74) is 10.1. The molecule has 1 saturated heterocycles. The van der Waals surface area contributed by atoms with Crippen molar-refractivity contribution in [2.24, 2.45) is 0 Å². The van der Waals surface area contributed by atoms with Crippen molar-refractivity contribution in [3.05, 3.63) is 69.3 Å². The molecule has 0 aromatic heterocycles. The van der Waals surface area contributed by atoms with Crippen LogP contribution in [-0.4, -0.2) is 55.1 Å². The van der Waals surface area contributed by atoms with E-state index in [0.717, 1.165) is 65.3 Å². The van der Waals surface area contributed by atoms with Gasteiger partial charge in [0.15, 0.2) is 0 Å². The molecule has 35 heavy (non-hydrogen) atoms. The lowest BCUT2D eigenvalue weighted by molar-refractivity contribution is 0.209. The smallest absolute Gasteiger partial charge is 0.0237 e. The van der Waals surface area contributed by atoms with Crippen molar-refractivity contribution in [2.45, 2.75) is 86.5 Å². The molecule has 1 aliphatic rings. The molecule has 2 aromatic rings. The van der Waals surface area contributed by atoms with Crippen LogP contribution in [0.2, 0.25) is 0 Å². The van der Waals surface area contributed by atoms with E-state index in [1.165, 1.54) is 51.8 Å². The predicted molar refractivity (Wildman–Crippen MR) is 151 cm³/mol. The molecule has 4 heteroatoms. The summed E-state index contributed by atoms with van der Waals surface area (Å²) >= 11 is 0. The zero-order valence-corrected chi connectivity index (χ0v) is 23.3. The van der Waals surface area contributed by atoms with E-state index in [1.807, 2.05) is 0 Å². The van der Waals surface area contributed by atoms with Crippen molar-refractivity contribution in [1.82, 2.24) is 20.4 Å². The zero-order chi connectivity index (χ0) is 25.2. The van der Waals surface area contributed by atoms with Crippen LogP contribution in [0.5, 0.6) is 0 Å². The van der Waals surface area contributed by atoms with Crippen molar-refractivity contribution in [3.63, 3.8) is 0 Å². The molecule has 0 radical (unpaired) electrons. The number of rotatable bonds is 10. The predicted octanol–water partition coefficient (Wildman–Crippen LogP) is 5.36. The summed E-state index contributed by atoms with van der Waals surface area (Å²) < 4.78 is 0. The van der Waals surface area contributed by atoms with Gasteiger partial charge < -0.3 is 10.6 Å². The summed E-state index contributed by atoms with van der Waals surface area (Å²) in [6.45, 7) is 23.2. The van der Waals surface area contributed by atoms with Gasteiger partial charge >= 0.3 is 0 Å². The summed E-state index contributed by atoms with van der Waals surface area (Å²) in [6.07, 6.45) is 3.48. The molecular formula is C31H50N4. The van der Waals surface area contributed by atoms with Gasteiger partial charge in [-0.2, -0.15) is 0 Å². The second-order valence-corrected chi connectivity index (χ2v) is 10.6. The molecular weight excluding hydrogens is 428 g/mol. The monoisotopic (exact) mass is 478 g/mol. The molecule has 0 unspecified atom stereocenters. The van der Waals surface area contributed by atoms with Crippen LogP contribution in [0, 0.1) is 20.8 Å². The number of nitrogens with one attached hydrogen (secondary N) is 2. The summed E-state index contributed by atoms with van der Waals surface area (Å²) in [4.78, 5) is 5.28. The molecule has 2 aromatic carbocycles. The fraction of sp³-hybridized carbons (Fsp3) is 0.613. The van der Waals surface area contributed by atoms with Gasteiger partial charge in [0.2, 0.25) is 0 Å². The third-order valence-corrected chi connectivity index (χ3v) is 7.68. The van der Waals surface area contributed by atoms with Crippen LogP contribution in [0.15, 0.2) is 30.3 Å². The molecule has 0 bridgehead atoms. The average molecular weight is 479 g/mol. The number of hydrogen-bond donors (Lipinski definition) is 2. The maximum Gasteiger partial charge on any atom is 0.0237 e. The first-order valence-corrected chi connectivity index (χ1v) is 14.0. The van der Waals surface area contributed by atoms with Crippen LogP contribution < -0.4 is 10.6 Å². The summed E-state index contributed by atoms with van der Waals surface area (Å²) in [5.74, 6) is 0. The van der Waals surface area contributed by atoms with Gasteiger partial charge in [-0.05, 0) is 67.9 Å². The first-order chi connectivity index (χ1) is 16.9. The minimum absolute atomic E-state index is 0.607. The Morgan fingerprint density at radius 1 is 0.743 bits per heavy atom. The Kier molecular flexibility index (Phi) is 11.2. The summed E-state index contributed by atoms with van der Waals surface area (Å²) in [6, 6.07) is 12.5. The van der Waals surface area contributed by atoms with E-state index < -0.39 is 0 Å². The summed E-state index contributed by atoms with van der Waals surface area (Å²) in [7, 11) is 0. The fourth-order valence-electron chi connectivity index (χ4n) is 5.36. The molecule has 0 saturated carbocycles. The van der Waals surface area contributed by atoms with E-state index in [1.54, 1.807) is 0 Å². The molecule has 0 amide bonds. The molecule has 194 valence electrons. The van der Waals surface area contributed by atoms with Crippen LogP contribution in [0.3, 0.4) is 0 Å². The molecule has 4 nitrogen and oxygen atoms in total. The van der Waals surface area contributed by atoms with Crippen LogP contribution in [0.25, 0.3) is 0 Å². The van der Waals surface area contributed by atoms with Crippen molar-refractivity contribution >= 4 is 0 Å². The molecule has 1 fully saturated rings. The van der Waals surface area contributed by atoms with Gasteiger partial charge in [0.05, 0.1) is 0 Å². The molecule has 0 spiro atoms. The highest BCUT2D eigenvalue weighted by atomic mass is 15.2. The van der Waals surface area contributed by atoms with Gasteiger partial charge in [0.1, 0.15) is 0 Å². The van der Waals surface area contributed by atoms with Gasteiger partial charge in [-0.15, -0.1) is 0 Å². The Bertz CT molecular complexity index is 918. The van der Waals surface area contributed by atoms with Crippen molar-refractivity contribution in [3.8, 4) is 0 Å². The Hall–Kier alpha value is -1.72. The highest BCUT2D eigenvalue weighted by Gasteiger charge is 2.16. The third-order valence-electron chi connectivity index (χ3n) is 7.68. The largest absolute Gasteiger partial charge is 0.314 e. The van der Waals surface area contributed by atoms with Crippen molar-refractivity contribution in [1.29, 1.82) is 0 Å². The minimum atomic E-state index is 0.607.